The maximum atomic E-state index is 3.54. The van der Waals surface area contributed by atoms with Crippen LogP contribution in [-0.4, -0.2) is 36.6 Å². The molecule has 2 heteroatoms. The van der Waals surface area contributed by atoms with Gasteiger partial charge in [-0.25, -0.2) is 0 Å². The lowest BCUT2D eigenvalue weighted by atomic mass is 10.1. The van der Waals surface area contributed by atoms with Crippen molar-refractivity contribution in [3.8, 4) is 0 Å². The Balaban J connectivity index is 2.25. The molecule has 1 unspecified atom stereocenters. The SMILES string of the molecule is CCCNCC(C)N(CCC(C)C)C1CC1. The Morgan fingerprint density at radius 1 is 1.25 bits per heavy atom. The van der Waals surface area contributed by atoms with Crippen molar-refractivity contribution in [3.05, 3.63) is 0 Å². The number of rotatable bonds is 9. The predicted octanol–water partition coefficient (Wildman–Crippen LogP) is 2.89. The molecule has 0 heterocycles. The molecule has 1 rings (SSSR count). The van der Waals surface area contributed by atoms with Crippen molar-refractivity contribution in [1.29, 1.82) is 0 Å². The lowest BCUT2D eigenvalue weighted by Crippen LogP contribution is -2.42. The van der Waals surface area contributed by atoms with Gasteiger partial charge in [-0.1, -0.05) is 20.8 Å². The summed E-state index contributed by atoms with van der Waals surface area (Å²) in [6, 6.07) is 1.61. The first-order valence-corrected chi connectivity index (χ1v) is 7.11. The molecule has 96 valence electrons. The minimum absolute atomic E-state index is 0.706. The molecule has 1 N–H and O–H groups in total. The van der Waals surface area contributed by atoms with Gasteiger partial charge in [0.15, 0.2) is 0 Å². The lowest BCUT2D eigenvalue weighted by molar-refractivity contribution is 0.184. The van der Waals surface area contributed by atoms with Crippen LogP contribution in [0.1, 0.15) is 53.4 Å². The zero-order valence-corrected chi connectivity index (χ0v) is 11.6. The van der Waals surface area contributed by atoms with Gasteiger partial charge in [0.1, 0.15) is 0 Å². The zero-order chi connectivity index (χ0) is 12.0. The smallest absolute Gasteiger partial charge is 0.0195 e. The molecule has 1 saturated carbocycles. The number of hydrogen-bond donors (Lipinski definition) is 1. The van der Waals surface area contributed by atoms with Crippen LogP contribution in [0, 0.1) is 5.92 Å². The maximum Gasteiger partial charge on any atom is 0.0195 e. The van der Waals surface area contributed by atoms with Crippen molar-refractivity contribution in [3.63, 3.8) is 0 Å². The summed E-state index contributed by atoms with van der Waals surface area (Å²) in [4.78, 5) is 2.72. The van der Waals surface area contributed by atoms with E-state index in [2.05, 4.69) is 37.9 Å². The molecule has 0 aliphatic heterocycles. The van der Waals surface area contributed by atoms with Gasteiger partial charge in [0.05, 0.1) is 0 Å². The van der Waals surface area contributed by atoms with Crippen LogP contribution >= 0.6 is 0 Å². The molecule has 0 aromatic carbocycles. The van der Waals surface area contributed by atoms with Gasteiger partial charge in [0.25, 0.3) is 0 Å². The third-order valence-electron chi connectivity index (χ3n) is 3.41. The number of nitrogens with one attached hydrogen (secondary N) is 1. The largest absolute Gasteiger partial charge is 0.315 e. The average molecular weight is 226 g/mol. The highest BCUT2D eigenvalue weighted by atomic mass is 15.2. The summed E-state index contributed by atoms with van der Waals surface area (Å²) in [7, 11) is 0. The summed E-state index contributed by atoms with van der Waals surface area (Å²) in [5.41, 5.74) is 0. The minimum Gasteiger partial charge on any atom is -0.315 e. The van der Waals surface area contributed by atoms with Gasteiger partial charge in [0, 0.05) is 18.6 Å². The summed E-state index contributed by atoms with van der Waals surface area (Å²) in [6.07, 6.45) is 5.43. The van der Waals surface area contributed by atoms with E-state index < -0.39 is 0 Å². The molecule has 1 aliphatic carbocycles. The van der Waals surface area contributed by atoms with Crippen LogP contribution < -0.4 is 5.32 Å². The van der Waals surface area contributed by atoms with Gasteiger partial charge in [-0.05, 0) is 51.6 Å². The first-order valence-electron chi connectivity index (χ1n) is 7.11. The van der Waals surface area contributed by atoms with E-state index in [4.69, 9.17) is 0 Å². The standard InChI is InChI=1S/C14H30N2/c1-5-9-15-11-13(4)16(14-6-7-14)10-8-12(2)3/h12-15H,5-11H2,1-4H3. The summed E-state index contributed by atoms with van der Waals surface area (Å²) < 4.78 is 0. The Bertz CT molecular complexity index is 176. The van der Waals surface area contributed by atoms with Crippen molar-refractivity contribution < 1.29 is 0 Å². The normalized spacial score (nSPS) is 18.4. The third-order valence-corrected chi connectivity index (χ3v) is 3.41. The Morgan fingerprint density at radius 3 is 2.44 bits per heavy atom. The van der Waals surface area contributed by atoms with Crippen molar-refractivity contribution in [2.45, 2.75) is 65.5 Å². The number of hydrogen-bond acceptors (Lipinski definition) is 2. The molecule has 0 aromatic rings. The second-order valence-corrected chi connectivity index (χ2v) is 5.70. The molecule has 2 nitrogen and oxygen atoms in total. The van der Waals surface area contributed by atoms with Gasteiger partial charge in [0.2, 0.25) is 0 Å². The second kappa shape index (κ2) is 7.29. The molecule has 1 aliphatic rings. The number of nitrogens with zero attached hydrogens (tertiary/aromatic N) is 1. The quantitative estimate of drug-likeness (QED) is 0.608. The van der Waals surface area contributed by atoms with Gasteiger partial charge < -0.3 is 5.32 Å². The monoisotopic (exact) mass is 226 g/mol. The summed E-state index contributed by atoms with van der Waals surface area (Å²) >= 11 is 0. The van der Waals surface area contributed by atoms with Gasteiger partial charge >= 0.3 is 0 Å². The third kappa shape index (κ3) is 5.31. The first kappa shape index (κ1) is 14.0. The molecule has 1 atom stereocenters. The summed E-state index contributed by atoms with van der Waals surface area (Å²) in [5, 5.41) is 3.54. The van der Waals surface area contributed by atoms with Crippen molar-refractivity contribution in [2.24, 2.45) is 5.92 Å². The Labute approximate surface area is 102 Å². The topological polar surface area (TPSA) is 15.3 Å². The van der Waals surface area contributed by atoms with Gasteiger partial charge in [-0.15, -0.1) is 0 Å². The second-order valence-electron chi connectivity index (χ2n) is 5.70. The first-order chi connectivity index (χ1) is 7.65. The fourth-order valence-electron chi connectivity index (χ4n) is 2.18. The molecular formula is C14H30N2. The van der Waals surface area contributed by atoms with E-state index in [9.17, 15) is 0 Å². The maximum absolute atomic E-state index is 3.54. The highest BCUT2D eigenvalue weighted by molar-refractivity contribution is 4.88. The van der Waals surface area contributed by atoms with E-state index in [-0.39, 0.29) is 0 Å². The molecule has 16 heavy (non-hydrogen) atoms. The molecule has 0 saturated heterocycles. The van der Waals surface area contributed by atoms with Crippen molar-refractivity contribution in [1.82, 2.24) is 10.2 Å². The summed E-state index contributed by atoms with van der Waals surface area (Å²) in [5.74, 6) is 0.831. The van der Waals surface area contributed by atoms with Crippen LogP contribution in [0.15, 0.2) is 0 Å². The Morgan fingerprint density at radius 2 is 1.94 bits per heavy atom. The fourth-order valence-corrected chi connectivity index (χ4v) is 2.18. The molecular weight excluding hydrogens is 196 g/mol. The minimum atomic E-state index is 0.706. The van der Waals surface area contributed by atoms with Crippen LogP contribution in [0.25, 0.3) is 0 Å². The van der Waals surface area contributed by atoms with Gasteiger partial charge in [-0.2, -0.15) is 0 Å². The Kier molecular flexibility index (Phi) is 6.37. The van der Waals surface area contributed by atoms with Crippen molar-refractivity contribution in [2.75, 3.05) is 19.6 Å². The zero-order valence-electron chi connectivity index (χ0n) is 11.6. The van der Waals surface area contributed by atoms with E-state index in [1.54, 1.807) is 0 Å². The van der Waals surface area contributed by atoms with E-state index in [0.717, 1.165) is 25.0 Å². The van der Waals surface area contributed by atoms with Crippen LogP contribution in [0.3, 0.4) is 0 Å². The van der Waals surface area contributed by atoms with Crippen LogP contribution in [-0.2, 0) is 0 Å². The predicted molar refractivity (Wildman–Crippen MR) is 71.8 cm³/mol. The highest BCUT2D eigenvalue weighted by Crippen LogP contribution is 2.29. The van der Waals surface area contributed by atoms with E-state index in [0.29, 0.717) is 6.04 Å². The fraction of sp³-hybridized carbons (Fsp3) is 1.00. The molecule has 0 bridgehead atoms. The highest BCUT2D eigenvalue weighted by Gasteiger charge is 2.31. The van der Waals surface area contributed by atoms with Crippen molar-refractivity contribution >= 4 is 0 Å². The molecule has 1 fully saturated rings. The molecule has 0 aromatic heterocycles. The van der Waals surface area contributed by atoms with Gasteiger partial charge in [-0.3, -0.25) is 4.90 Å². The Hall–Kier alpha value is -0.0800. The average Bonchev–Trinajstić information content (AvgIpc) is 3.02. The molecule has 0 radical (unpaired) electrons. The molecule has 0 spiro atoms. The van der Waals surface area contributed by atoms with E-state index in [1.807, 2.05) is 0 Å². The molecule has 0 amide bonds. The lowest BCUT2D eigenvalue weighted by Gasteiger charge is -2.30. The van der Waals surface area contributed by atoms with Crippen LogP contribution in [0.5, 0.6) is 0 Å². The summed E-state index contributed by atoms with van der Waals surface area (Å²) in [6.45, 7) is 12.9. The van der Waals surface area contributed by atoms with E-state index in [1.165, 1.54) is 32.2 Å². The van der Waals surface area contributed by atoms with E-state index >= 15 is 0 Å². The van der Waals surface area contributed by atoms with Crippen LogP contribution in [0.2, 0.25) is 0 Å². The van der Waals surface area contributed by atoms with Crippen LogP contribution in [0.4, 0.5) is 0 Å².